The van der Waals surface area contributed by atoms with Gasteiger partial charge in [0.2, 0.25) is 0 Å². The Hall–Kier alpha value is -2.10. The number of aryl methyl sites for hydroxylation is 1. The number of ketones is 1. The van der Waals surface area contributed by atoms with E-state index in [-0.39, 0.29) is 11.3 Å². The van der Waals surface area contributed by atoms with Crippen molar-refractivity contribution in [1.29, 1.82) is 0 Å². The number of carbonyl (C=O) groups excluding carboxylic acids is 1. The molecule has 0 bridgehead atoms. The number of aromatic nitrogens is 2. The molecule has 28 heavy (non-hydrogen) atoms. The number of hydrogen-bond acceptors (Lipinski definition) is 3. The van der Waals surface area contributed by atoms with E-state index in [4.69, 9.17) is 0 Å². The molecule has 1 fully saturated rings. The first-order valence-electron chi connectivity index (χ1n) is 11.0. The Morgan fingerprint density at radius 1 is 1.18 bits per heavy atom. The highest BCUT2D eigenvalue weighted by Crippen LogP contribution is 2.40. The quantitative estimate of drug-likeness (QED) is 0.666. The number of nitrogens with zero attached hydrogens (tertiary/aromatic N) is 2. The summed E-state index contributed by atoms with van der Waals surface area (Å²) in [4.78, 5) is 13.0. The van der Waals surface area contributed by atoms with E-state index in [1.165, 1.54) is 37.7 Å². The van der Waals surface area contributed by atoms with Gasteiger partial charge in [0, 0.05) is 12.5 Å². The van der Waals surface area contributed by atoms with Gasteiger partial charge in [-0.1, -0.05) is 49.6 Å². The fraction of sp³-hybridized carbons (Fsp3) is 0.583. The molecular formula is C24H33N3O. The molecule has 4 nitrogen and oxygen atoms in total. The molecule has 1 aliphatic heterocycles. The van der Waals surface area contributed by atoms with E-state index in [9.17, 15) is 4.79 Å². The maximum atomic E-state index is 13.0. The summed E-state index contributed by atoms with van der Waals surface area (Å²) in [6.45, 7) is 4.51. The second kappa shape index (κ2) is 8.10. The van der Waals surface area contributed by atoms with Crippen molar-refractivity contribution in [1.82, 2.24) is 9.78 Å². The zero-order valence-electron chi connectivity index (χ0n) is 17.3. The summed E-state index contributed by atoms with van der Waals surface area (Å²) < 4.78 is 2.05. The molecule has 2 heterocycles. The van der Waals surface area contributed by atoms with Gasteiger partial charge in [-0.2, -0.15) is 5.10 Å². The molecule has 1 atom stereocenters. The lowest BCUT2D eigenvalue weighted by Crippen LogP contribution is -2.45. The molecule has 2 aromatic rings. The minimum atomic E-state index is -0.0503. The standard InChI is InChI=1S/C24H33N3O/c1-24(2)16-21(19-13-7-4-8-14-19)26-23-20(17-25-27(23)24)22(28)15-9-12-18-10-5-3-6-11-18/h3,5-6,10-11,17,19,21,26H,4,7-9,12-16H2,1-2H3. The first-order valence-corrected chi connectivity index (χ1v) is 11.0. The maximum absolute atomic E-state index is 13.0. The number of carbonyl (C=O) groups is 1. The van der Waals surface area contributed by atoms with Crippen molar-refractivity contribution in [2.75, 3.05) is 5.32 Å². The van der Waals surface area contributed by atoms with Crippen LogP contribution in [-0.2, 0) is 12.0 Å². The predicted molar refractivity (Wildman–Crippen MR) is 114 cm³/mol. The lowest BCUT2D eigenvalue weighted by atomic mass is 9.78. The molecule has 0 radical (unpaired) electrons. The highest BCUT2D eigenvalue weighted by Gasteiger charge is 2.39. The van der Waals surface area contributed by atoms with Gasteiger partial charge in [-0.05, 0) is 57.4 Å². The van der Waals surface area contributed by atoms with Gasteiger partial charge in [-0.25, -0.2) is 4.68 Å². The largest absolute Gasteiger partial charge is 0.367 e. The van der Waals surface area contributed by atoms with Crippen molar-refractivity contribution < 1.29 is 4.79 Å². The van der Waals surface area contributed by atoms with Gasteiger partial charge in [-0.15, -0.1) is 0 Å². The minimum absolute atomic E-state index is 0.0503. The number of nitrogens with one attached hydrogen (secondary N) is 1. The Kier molecular flexibility index (Phi) is 5.56. The van der Waals surface area contributed by atoms with Crippen LogP contribution in [0.1, 0.15) is 81.1 Å². The Bertz CT molecular complexity index is 803. The van der Waals surface area contributed by atoms with Crippen molar-refractivity contribution in [3.63, 3.8) is 0 Å². The third kappa shape index (κ3) is 4.01. The van der Waals surface area contributed by atoms with Gasteiger partial charge in [0.15, 0.2) is 5.78 Å². The third-order valence-electron chi connectivity index (χ3n) is 6.62. The summed E-state index contributed by atoms with van der Waals surface area (Å²) >= 11 is 0. The van der Waals surface area contributed by atoms with Crippen molar-refractivity contribution in [3.8, 4) is 0 Å². The maximum Gasteiger partial charge on any atom is 0.168 e. The van der Waals surface area contributed by atoms with E-state index in [1.807, 2.05) is 6.07 Å². The molecule has 1 aliphatic carbocycles. The number of Topliss-reactive ketones (excluding diaryl/α,β-unsaturated/α-hetero) is 1. The normalized spacial score (nSPS) is 21.7. The van der Waals surface area contributed by atoms with Crippen LogP contribution in [0.25, 0.3) is 0 Å². The highest BCUT2D eigenvalue weighted by atomic mass is 16.1. The fourth-order valence-corrected chi connectivity index (χ4v) is 5.06. The fourth-order valence-electron chi connectivity index (χ4n) is 5.06. The molecule has 4 heteroatoms. The van der Waals surface area contributed by atoms with Crippen LogP contribution in [0.5, 0.6) is 0 Å². The van der Waals surface area contributed by atoms with Crippen molar-refractivity contribution in [3.05, 3.63) is 47.7 Å². The Balaban J connectivity index is 1.46. The van der Waals surface area contributed by atoms with Gasteiger partial charge in [0.05, 0.1) is 17.3 Å². The average molecular weight is 380 g/mol. The summed E-state index contributed by atoms with van der Waals surface area (Å²) in [5, 5.41) is 8.35. The van der Waals surface area contributed by atoms with Crippen LogP contribution in [0, 0.1) is 5.92 Å². The number of anilines is 1. The molecule has 4 rings (SSSR count). The molecule has 1 N–H and O–H groups in total. The Morgan fingerprint density at radius 2 is 1.93 bits per heavy atom. The summed E-state index contributed by atoms with van der Waals surface area (Å²) in [5.41, 5.74) is 2.02. The van der Waals surface area contributed by atoms with E-state index in [1.54, 1.807) is 6.20 Å². The molecule has 1 aromatic heterocycles. The number of benzene rings is 1. The average Bonchev–Trinajstić information content (AvgIpc) is 3.14. The highest BCUT2D eigenvalue weighted by molar-refractivity contribution is 6.00. The van der Waals surface area contributed by atoms with Crippen molar-refractivity contribution in [2.45, 2.75) is 83.2 Å². The number of rotatable bonds is 6. The molecule has 2 aliphatic rings. The Labute approximate surface area is 168 Å². The lowest BCUT2D eigenvalue weighted by molar-refractivity contribution is 0.0980. The summed E-state index contributed by atoms with van der Waals surface area (Å²) in [7, 11) is 0. The van der Waals surface area contributed by atoms with E-state index in [0.717, 1.165) is 36.6 Å². The predicted octanol–water partition coefficient (Wildman–Crippen LogP) is 5.59. The van der Waals surface area contributed by atoms with Gasteiger partial charge in [-0.3, -0.25) is 4.79 Å². The molecule has 0 amide bonds. The summed E-state index contributed by atoms with van der Waals surface area (Å²) in [5.74, 6) is 1.89. The number of hydrogen-bond donors (Lipinski definition) is 1. The first-order chi connectivity index (χ1) is 13.5. The molecule has 0 spiro atoms. The topological polar surface area (TPSA) is 46.9 Å². The van der Waals surface area contributed by atoms with Crippen LogP contribution in [0.4, 0.5) is 5.82 Å². The van der Waals surface area contributed by atoms with E-state index < -0.39 is 0 Å². The van der Waals surface area contributed by atoms with Crippen LogP contribution in [0.2, 0.25) is 0 Å². The SMILES string of the molecule is CC1(C)CC(C2CCCCC2)Nc2c(C(=O)CCCc3ccccc3)cnn21. The first kappa shape index (κ1) is 19.2. The zero-order valence-corrected chi connectivity index (χ0v) is 17.3. The smallest absolute Gasteiger partial charge is 0.168 e. The molecule has 1 saturated carbocycles. The number of fused-ring (bicyclic) bond motifs is 1. The Morgan fingerprint density at radius 3 is 2.68 bits per heavy atom. The third-order valence-corrected chi connectivity index (χ3v) is 6.62. The van der Waals surface area contributed by atoms with E-state index in [0.29, 0.717) is 12.5 Å². The van der Waals surface area contributed by atoms with E-state index >= 15 is 0 Å². The van der Waals surface area contributed by atoms with Gasteiger partial charge in [0.1, 0.15) is 5.82 Å². The molecular weight excluding hydrogens is 346 g/mol. The molecule has 0 saturated heterocycles. The second-order valence-electron chi connectivity index (χ2n) is 9.25. The van der Waals surface area contributed by atoms with Gasteiger partial charge in [0.25, 0.3) is 0 Å². The molecule has 1 aromatic carbocycles. The van der Waals surface area contributed by atoms with E-state index in [2.05, 4.69) is 53.2 Å². The second-order valence-corrected chi connectivity index (χ2v) is 9.25. The summed E-state index contributed by atoms with van der Waals surface area (Å²) in [6, 6.07) is 10.9. The lowest BCUT2D eigenvalue weighted by Gasteiger charge is -2.42. The van der Waals surface area contributed by atoms with Crippen LogP contribution in [-0.4, -0.2) is 21.6 Å². The van der Waals surface area contributed by atoms with Crippen LogP contribution in [0.15, 0.2) is 36.5 Å². The minimum Gasteiger partial charge on any atom is -0.367 e. The van der Waals surface area contributed by atoms with Crippen molar-refractivity contribution >= 4 is 11.6 Å². The monoisotopic (exact) mass is 379 g/mol. The molecule has 1 unspecified atom stereocenters. The summed E-state index contributed by atoms with van der Waals surface area (Å²) in [6.07, 6.45) is 11.9. The van der Waals surface area contributed by atoms with Gasteiger partial charge < -0.3 is 5.32 Å². The zero-order chi connectivity index (χ0) is 19.6. The van der Waals surface area contributed by atoms with Crippen LogP contribution < -0.4 is 5.32 Å². The van der Waals surface area contributed by atoms with Crippen LogP contribution in [0.3, 0.4) is 0 Å². The van der Waals surface area contributed by atoms with Crippen LogP contribution >= 0.6 is 0 Å². The molecule has 150 valence electrons. The van der Waals surface area contributed by atoms with Crippen molar-refractivity contribution in [2.24, 2.45) is 5.92 Å². The van der Waals surface area contributed by atoms with Gasteiger partial charge >= 0.3 is 0 Å².